The van der Waals surface area contributed by atoms with Crippen LogP contribution in [0.15, 0.2) is 24.3 Å². The van der Waals surface area contributed by atoms with E-state index >= 15 is 0 Å². The summed E-state index contributed by atoms with van der Waals surface area (Å²) >= 11 is 0. The first kappa shape index (κ1) is 15.5. The van der Waals surface area contributed by atoms with Crippen molar-refractivity contribution in [3.05, 3.63) is 24.3 Å². The molecule has 0 saturated carbocycles. The van der Waals surface area contributed by atoms with Crippen molar-refractivity contribution in [1.29, 1.82) is 0 Å². The highest BCUT2D eigenvalue weighted by Crippen LogP contribution is 2.22. The van der Waals surface area contributed by atoms with E-state index in [-0.39, 0.29) is 18.5 Å². The van der Waals surface area contributed by atoms with Crippen LogP contribution in [0.3, 0.4) is 0 Å². The van der Waals surface area contributed by atoms with Crippen LogP contribution in [0.25, 0.3) is 0 Å². The predicted molar refractivity (Wildman–Crippen MR) is 75.6 cm³/mol. The third-order valence-electron chi connectivity index (χ3n) is 2.79. The molecule has 0 aliphatic heterocycles. The summed E-state index contributed by atoms with van der Waals surface area (Å²) in [5, 5.41) is 5.97. The molecule has 0 radical (unpaired) electrons. The van der Waals surface area contributed by atoms with Gasteiger partial charge < -0.3 is 20.1 Å². The summed E-state index contributed by atoms with van der Waals surface area (Å²) in [5.41, 5.74) is 0.677. The van der Waals surface area contributed by atoms with Crippen LogP contribution in [0.2, 0.25) is 0 Å². The van der Waals surface area contributed by atoms with Gasteiger partial charge in [-0.1, -0.05) is 19.1 Å². The van der Waals surface area contributed by atoms with Crippen LogP contribution in [0.1, 0.15) is 13.3 Å². The molecule has 1 unspecified atom stereocenters. The Morgan fingerprint density at radius 1 is 1.32 bits per heavy atom. The first-order valence-corrected chi connectivity index (χ1v) is 6.36. The number of rotatable bonds is 8. The standard InChI is InChI=1S/C14H22N2O3/c1-4-11(10-18-2)15-9-14(17)16-12-7-5-6-8-13(12)19-3/h5-8,11,15H,4,9-10H2,1-3H3,(H,16,17). The molecule has 5 heteroatoms. The number of para-hydroxylation sites is 2. The van der Waals surface area contributed by atoms with Crippen molar-refractivity contribution in [2.45, 2.75) is 19.4 Å². The molecule has 1 rings (SSSR count). The number of hydrogen-bond acceptors (Lipinski definition) is 4. The van der Waals surface area contributed by atoms with Gasteiger partial charge >= 0.3 is 0 Å². The second kappa shape index (κ2) is 8.50. The van der Waals surface area contributed by atoms with Gasteiger partial charge in [0.05, 0.1) is 25.9 Å². The molecular weight excluding hydrogens is 244 g/mol. The number of benzene rings is 1. The number of methoxy groups -OCH3 is 2. The van der Waals surface area contributed by atoms with Gasteiger partial charge in [-0.3, -0.25) is 4.79 Å². The molecule has 0 fully saturated rings. The van der Waals surface area contributed by atoms with Gasteiger partial charge in [0.15, 0.2) is 0 Å². The Bertz CT molecular complexity index is 396. The Kier molecular flexibility index (Phi) is 6.92. The lowest BCUT2D eigenvalue weighted by molar-refractivity contribution is -0.115. The third-order valence-corrected chi connectivity index (χ3v) is 2.79. The normalized spacial score (nSPS) is 11.9. The van der Waals surface area contributed by atoms with E-state index in [2.05, 4.69) is 17.6 Å². The molecule has 1 aromatic carbocycles. The first-order chi connectivity index (χ1) is 9.21. The summed E-state index contributed by atoms with van der Waals surface area (Å²) in [6.45, 7) is 2.90. The molecular formula is C14H22N2O3. The number of anilines is 1. The number of carbonyl (C=O) groups excluding carboxylic acids is 1. The van der Waals surface area contributed by atoms with Gasteiger partial charge in [0.2, 0.25) is 5.91 Å². The van der Waals surface area contributed by atoms with E-state index in [1.165, 1.54) is 0 Å². The lowest BCUT2D eigenvalue weighted by Crippen LogP contribution is -2.38. The van der Waals surface area contributed by atoms with Crippen LogP contribution in [0, 0.1) is 0 Å². The maximum absolute atomic E-state index is 11.8. The van der Waals surface area contributed by atoms with Crippen molar-refractivity contribution >= 4 is 11.6 Å². The average molecular weight is 266 g/mol. The van der Waals surface area contributed by atoms with Crippen molar-refractivity contribution in [2.24, 2.45) is 0 Å². The van der Waals surface area contributed by atoms with E-state index in [9.17, 15) is 4.79 Å². The molecule has 5 nitrogen and oxygen atoms in total. The molecule has 2 N–H and O–H groups in total. The van der Waals surface area contributed by atoms with E-state index in [0.29, 0.717) is 18.0 Å². The lowest BCUT2D eigenvalue weighted by Gasteiger charge is -2.16. The zero-order valence-electron chi connectivity index (χ0n) is 11.7. The second-order valence-corrected chi connectivity index (χ2v) is 4.19. The Hall–Kier alpha value is -1.59. The fourth-order valence-electron chi connectivity index (χ4n) is 1.70. The Morgan fingerprint density at radius 3 is 2.68 bits per heavy atom. The summed E-state index contributed by atoms with van der Waals surface area (Å²) in [4.78, 5) is 11.8. The third kappa shape index (κ3) is 5.28. The van der Waals surface area contributed by atoms with E-state index in [1.807, 2.05) is 24.3 Å². The molecule has 0 saturated heterocycles. The molecule has 1 aromatic rings. The van der Waals surface area contributed by atoms with Gasteiger partial charge in [0.25, 0.3) is 0 Å². The van der Waals surface area contributed by atoms with Gasteiger partial charge in [-0.15, -0.1) is 0 Å². The van der Waals surface area contributed by atoms with Crippen molar-refractivity contribution in [1.82, 2.24) is 5.32 Å². The fraction of sp³-hybridized carbons (Fsp3) is 0.500. The van der Waals surface area contributed by atoms with Crippen molar-refractivity contribution in [3.63, 3.8) is 0 Å². The van der Waals surface area contributed by atoms with Crippen molar-refractivity contribution < 1.29 is 14.3 Å². The summed E-state index contributed by atoms with van der Waals surface area (Å²) in [7, 11) is 3.23. The molecule has 0 aliphatic rings. The molecule has 19 heavy (non-hydrogen) atoms. The number of carbonyl (C=O) groups is 1. The quantitative estimate of drug-likeness (QED) is 0.751. The smallest absolute Gasteiger partial charge is 0.238 e. The molecule has 1 amide bonds. The van der Waals surface area contributed by atoms with Crippen LogP contribution in [0.5, 0.6) is 5.75 Å². The molecule has 1 atom stereocenters. The monoisotopic (exact) mass is 266 g/mol. The number of nitrogens with one attached hydrogen (secondary N) is 2. The van der Waals surface area contributed by atoms with Gasteiger partial charge in [0.1, 0.15) is 5.75 Å². The average Bonchev–Trinajstić information content (AvgIpc) is 2.44. The van der Waals surface area contributed by atoms with Crippen molar-refractivity contribution in [3.8, 4) is 5.75 Å². The highest BCUT2D eigenvalue weighted by molar-refractivity contribution is 5.93. The number of ether oxygens (including phenoxy) is 2. The molecule has 0 bridgehead atoms. The van der Waals surface area contributed by atoms with E-state index < -0.39 is 0 Å². The topological polar surface area (TPSA) is 59.6 Å². The zero-order valence-corrected chi connectivity index (χ0v) is 11.7. The molecule has 0 aliphatic carbocycles. The van der Waals surface area contributed by atoms with Gasteiger partial charge in [-0.05, 0) is 18.6 Å². The van der Waals surface area contributed by atoms with Crippen LogP contribution in [-0.4, -0.2) is 39.3 Å². The van der Waals surface area contributed by atoms with E-state index in [1.54, 1.807) is 14.2 Å². The zero-order chi connectivity index (χ0) is 14.1. The molecule has 0 spiro atoms. The largest absolute Gasteiger partial charge is 0.495 e. The summed E-state index contributed by atoms with van der Waals surface area (Å²) in [6, 6.07) is 7.52. The Morgan fingerprint density at radius 2 is 2.05 bits per heavy atom. The van der Waals surface area contributed by atoms with Crippen LogP contribution < -0.4 is 15.4 Å². The maximum Gasteiger partial charge on any atom is 0.238 e. The number of hydrogen-bond donors (Lipinski definition) is 2. The maximum atomic E-state index is 11.8. The minimum atomic E-state index is -0.0981. The minimum Gasteiger partial charge on any atom is -0.495 e. The van der Waals surface area contributed by atoms with Crippen LogP contribution in [-0.2, 0) is 9.53 Å². The predicted octanol–water partition coefficient (Wildman–Crippen LogP) is 1.65. The summed E-state index contributed by atoms with van der Waals surface area (Å²) in [6.07, 6.45) is 0.912. The molecule has 106 valence electrons. The summed E-state index contributed by atoms with van der Waals surface area (Å²) < 4.78 is 10.2. The van der Waals surface area contributed by atoms with E-state index in [4.69, 9.17) is 9.47 Å². The SMILES string of the molecule is CCC(COC)NCC(=O)Nc1ccccc1OC. The Labute approximate surface area is 114 Å². The van der Waals surface area contributed by atoms with Gasteiger partial charge in [-0.25, -0.2) is 0 Å². The number of amides is 1. The second-order valence-electron chi connectivity index (χ2n) is 4.19. The van der Waals surface area contributed by atoms with Crippen LogP contribution in [0.4, 0.5) is 5.69 Å². The summed E-state index contributed by atoms with van der Waals surface area (Å²) in [5.74, 6) is 0.554. The Balaban J connectivity index is 2.46. The minimum absolute atomic E-state index is 0.0981. The van der Waals surface area contributed by atoms with Crippen LogP contribution >= 0.6 is 0 Å². The highest BCUT2D eigenvalue weighted by atomic mass is 16.5. The van der Waals surface area contributed by atoms with E-state index in [0.717, 1.165) is 6.42 Å². The fourth-order valence-corrected chi connectivity index (χ4v) is 1.70. The molecule has 0 heterocycles. The first-order valence-electron chi connectivity index (χ1n) is 6.36. The van der Waals surface area contributed by atoms with Crippen molar-refractivity contribution in [2.75, 3.05) is 32.7 Å². The van der Waals surface area contributed by atoms with Gasteiger partial charge in [-0.2, -0.15) is 0 Å². The molecule has 0 aromatic heterocycles. The highest BCUT2D eigenvalue weighted by Gasteiger charge is 2.10. The lowest BCUT2D eigenvalue weighted by atomic mass is 10.2. The van der Waals surface area contributed by atoms with Gasteiger partial charge in [0, 0.05) is 13.2 Å².